The van der Waals surface area contributed by atoms with Gasteiger partial charge in [0.1, 0.15) is 0 Å². The molecule has 0 fully saturated rings. The lowest BCUT2D eigenvalue weighted by molar-refractivity contribution is -0.145. The molecule has 0 unspecified atom stereocenters. The van der Waals surface area contributed by atoms with Crippen LogP contribution in [0.25, 0.3) is 45.0 Å². The fourth-order valence-electron chi connectivity index (χ4n) is 4.85. The van der Waals surface area contributed by atoms with Gasteiger partial charge in [0.25, 0.3) is 0 Å². The smallest absolute Gasteiger partial charge is 0.334 e. The van der Waals surface area contributed by atoms with Gasteiger partial charge in [0.05, 0.1) is 32.6 Å². The Morgan fingerprint density at radius 2 is 0.981 bits per heavy atom. The van der Waals surface area contributed by atoms with Gasteiger partial charge in [-0.1, -0.05) is 71.7 Å². The number of sulfonamides is 2. The van der Waals surface area contributed by atoms with Crippen LogP contribution < -0.4 is 10.3 Å². The highest BCUT2D eigenvalue weighted by atomic mass is 35.5. The summed E-state index contributed by atoms with van der Waals surface area (Å²) in [5, 5.41) is 10.8. The van der Waals surface area contributed by atoms with Crippen molar-refractivity contribution in [2.45, 2.75) is 29.1 Å². The van der Waals surface area contributed by atoms with Crippen molar-refractivity contribution < 1.29 is 43.2 Å². The van der Waals surface area contributed by atoms with Gasteiger partial charge in [-0.25, -0.2) is 37.1 Å². The number of benzene rings is 4. The van der Waals surface area contributed by atoms with Crippen LogP contribution in [0.2, 0.25) is 10.0 Å². The lowest BCUT2D eigenvalue weighted by atomic mass is 10.0. The third kappa shape index (κ3) is 9.27. The summed E-state index contributed by atoms with van der Waals surface area (Å²) in [6, 6.07) is 21.3. The van der Waals surface area contributed by atoms with E-state index in [2.05, 4.69) is 19.9 Å². The number of aromatic amines is 2. The Labute approximate surface area is 307 Å². The van der Waals surface area contributed by atoms with Crippen molar-refractivity contribution in [3.63, 3.8) is 0 Å². The van der Waals surface area contributed by atoms with Crippen molar-refractivity contribution in [2.24, 2.45) is 10.3 Å². The van der Waals surface area contributed by atoms with Crippen molar-refractivity contribution in [3.8, 4) is 45.0 Å². The monoisotopic (exact) mass is 816 g/mol. The summed E-state index contributed by atoms with van der Waals surface area (Å²) < 4.78 is 124. The summed E-state index contributed by atoms with van der Waals surface area (Å²) in [4.78, 5) is 11.6. The van der Waals surface area contributed by atoms with Crippen LogP contribution in [-0.2, 0) is 32.4 Å². The lowest BCUT2D eigenvalue weighted by Gasteiger charge is -2.06. The van der Waals surface area contributed by atoms with Crippen LogP contribution >= 0.6 is 23.2 Å². The molecule has 0 aliphatic heterocycles. The van der Waals surface area contributed by atoms with E-state index in [1.165, 1.54) is 60.7 Å². The minimum Gasteiger partial charge on any atom is -0.334 e. The molecule has 0 radical (unpaired) electrons. The molecule has 20 heteroatoms. The summed E-state index contributed by atoms with van der Waals surface area (Å²) in [5.41, 5.74) is 2.44. The molecule has 53 heavy (non-hydrogen) atoms. The molecule has 0 spiro atoms. The minimum absolute atomic E-state index is 0.0446. The number of halogens is 8. The number of nitrogens with two attached hydrogens (primary N) is 2. The molecular formula is C33H24Cl2F6N6O4S2. The first kappa shape index (κ1) is 39.5. The first-order valence-electron chi connectivity index (χ1n) is 14.7. The van der Waals surface area contributed by atoms with Gasteiger partial charge >= 0.3 is 12.4 Å². The molecule has 2 heterocycles. The molecule has 4 aromatic carbocycles. The topological polar surface area (TPSA) is 178 Å². The second-order valence-corrected chi connectivity index (χ2v) is 15.2. The summed E-state index contributed by atoms with van der Waals surface area (Å²) in [7, 11) is -7.83. The van der Waals surface area contributed by atoms with Crippen LogP contribution in [0.4, 0.5) is 26.3 Å². The van der Waals surface area contributed by atoms with Gasteiger partial charge in [0.2, 0.25) is 31.7 Å². The van der Waals surface area contributed by atoms with E-state index in [-0.39, 0.29) is 32.6 Å². The fraction of sp³-hybridized carbons (Fsp3) is 0.0909. The van der Waals surface area contributed by atoms with Gasteiger partial charge in [-0.3, -0.25) is 0 Å². The van der Waals surface area contributed by atoms with E-state index in [4.69, 9.17) is 33.5 Å². The quantitative estimate of drug-likeness (QED) is 0.123. The van der Waals surface area contributed by atoms with Crippen molar-refractivity contribution in [1.82, 2.24) is 19.9 Å². The lowest BCUT2D eigenvalue weighted by Crippen LogP contribution is -2.11. The molecular weight excluding hydrogens is 793 g/mol. The maximum atomic E-state index is 13.2. The van der Waals surface area contributed by atoms with E-state index in [0.717, 1.165) is 5.56 Å². The number of hydrogen-bond acceptors (Lipinski definition) is 6. The molecule has 0 amide bonds. The highest BCUT2D eigenvalue weighted by molar-refractivity contribution is 7.89. The second-order valence-electron chi connectivity index (χ2n) is 11.2. The van der Waals surface area contributed by atoms with Crippen molar-refractivity contribution in [3.05, 3.63) is 118 Å². The molecule has 0 atom stereocenters. The molecule has 6 rings (SSSR count). The van der Waals surface area contributed by atoms with Gasteiger partial charge in [-0.2, -0.15) is 26.3 Å². The van der Waals surface area contributed by atoms with Crippen LogP contribution in [0.1, 0.15) is 17.2 Å². The molecule has 0 bridgehead atoms. The molecule has 0 saturated heterocycles. The Balaban J connectivity index is 0.000000204. The molecule has 0 saturated carbocycles. The molecule has 278 valence electrons. The van der Waals surface area contributed by atoms with Crippen LogP contribution in [0.15, 0.2) is 101 Å². The maximum absolute atomic E-state index is 13.2. The molecule has 0 aliphatic carbocycles. The van der Waals surface area contributed by atoms with Crippen molar-refractivity contribution in [2.75, 3.05) is 0 Å². The number of rotatable bonds is 6. The standard InChI is InChI=1S/C17H13ClF3N3O2S.C16H11ClF3N3O2S/c1-9-2-3-11(8-13(9)18)15-14(23-16(24-15)17(19,20)21)10-4-6-12(7-5-10)27(22,25)26;17-11-3-1-2-10(8-11)14-13(22-15(23-14)16(18,19)20)9-4-6-12(7-5-9)26(21,24)25/h2-8H,1H3,(H,23,24)(H2,22,25,26);1-8H,(H,22,23)(H2,21,24,25). The van der Waals surface area contributed by atoms with E-state index in [1.807, 2.05) is 0 Å². The molecule has 2 aromatic heterocycles. The predicted octanol–water partition coefficient (Wildman–Crippen LogP) is 8.44. The zero-order chi connectivity index (χ0) is 39.1. The first-order valence-corrected chi connectivity index (χ1v) is 18.5. The summed E-state index contributed by atoms with van der Waals surface area (Å²) in [6.07, 6.45) is -9.35. The highest BCUT2D eigenvalue weighted by Gasteiger charge is 2.37. The van der Waals surface area contributed by atoms with Crippen LogP contribution in [0, 0.1) is 6.92 Å². The van der Waals surface area contributed by atoms with E-state index >= 15 is 0 Å². The SMILES string of the molecule is Cc1ccc(-c2nc(C(F)(F)F)[nH]c2-c2ccc(S(N)(=O)=O)cc2)cc1Cl.NS(=O)(=O)c1ccc(-c2[nH]c(C(F)(F)F)nc2-c2cccc(Cl)c2)cc1. The summed E-state index contributed by atoms with van der Waals surface area (Å²) in [5.74, 6) is -2.34. The number of imidazole rings is 2. The number of H-pyrrole nitrogens is 2. The van der Waals surface area contributed by atoms with Gasteiger partial charge < -0.3 is 9.97 Å². The number of aryl methyl sites for hydroxylation is 1. The average molecular weight is 818 g/mol. The van der Waals surface area contributed by atoms with Gasteiger partial charge in [-0.15, -0.1) is 0 Å². The number of nitrogens with one attached hydrogen (secondary N) is 2. The van der Waals surface area contributed by atoms with E-state index in [1.54, 1.807) is 37.3 Å². The van der Waals surface area contributed by atoms with Gasteiger partial charge in [0, 0.05) is 32.3 Å². The van der Waals surface area contributed by atoms with Crippen LogP contribution in [0.3, 0.4) is 0 Å². The maximum Gasteiger partial charge on any atom is 0.449 e. The van der Waals surface area contributed by atoms with E-state index < -0.39 is 44.0 Å². The molecule has 6 aromatic rings. The molecule has 10 nitrogen and oxygen atoms in total. The third-order valence-corrected chi connectivity index (χ3v) is 9.93. The number of aromatic nitrogens is 4. The fourth-order valence-corrected chi connectivity index (χ4v) is 6.25. The summed E-state index contributed by atoms with van der Waals surface area (Å²) in [6.45, 7) is 1.77. The highest BCUT2D eigenvalue weighted by Crippen LogP contribution is 2.38. The Kier molecular flexibility index (Phi) is 10.9. The van der Waals surface area contributed by atoms with E-state index in [9.17, 15) is 43.2 Å². The Morgan fingerprint density at radius 1 is 0.585 bits per heavy atom. The van der Waals surface area contributed by atoms with Crippen LogP contribution in [-0.4, -0.2) is 36.8 Å². The minimum atomic E-state index is -4.68. The third-order valence-electron chi connectivity index (χ3n) is 7.43. The predicted molar refractivity (Wildman–Crippen MR) is 186 cm³/mol. The number of nitrogens with zero attached hydrogens (tertiary/aromatic N) is 2. The molecule has 6 N–H and O–H groups in total. The number of hydrogen-bond donors (Lipinski definition) is 4. The average Bonchev–Trinajstić information content (AvgIpc) is 3.73. The zero-order valence-electron chi connectivity index (χ0n) is 26.7. The Bertz CT molecular complexity index is 2520. The van der Waals surface area contributed by atoms with E-state index in [0.29, 0.717) is 32.3 Å². The van der Waals surface area contributed by atoms with Crippen LogP contribution in [0.5, 0.6) is 0 Å². The van der Waals surface area contributed by atoms with Gasteiger partial charge in [0.15, 0.2) is 0 Å². The Hall–Kier alpha value is -4.72. The second kappa shape index (κ2) is 14.6. The summed E-state index contributed by atoms with van der Waals surface area (Å²) >= 11 is 12.0. The normalized spacial score (nSPS) is 12.4. The first-order chi connectivity index (χ1) is 24.5. The number of alkyl halides is 6. The van der Waals surface area contributed by atoms with Crippen molar-refractivity contribution in [1.29, 1.82) is 0 Å². The largest absolute Gasteiger partial charge is 0.449 e. The molecule has 0 aliphatic rings. The van der Waals surface area contributed by atoms with Crippen molar-refractivity contribution >= 4 is 43.2 Å². The zero-order valence-corrected chi connectivity index (χ0v) is 29.8. The Morgan fingerprint density at radius 3 is 1.34 bits per heavy atom. The number of primary sulfonamides is 2. The van der Waals surface area contributed by atoms with Gasteiger partial charge in [-0.05, 0) is 55.0 Å².